The molecule has 0 N–H and O–H groups in total. The molecule has 2 aliphatic heterocycles. The molecule has 1 amide bonds. The van der Waals surface area contributed by atoms with Crippen molar-refractivity contribution in [2.75, 3.05) is 26.4 Å². The van der Waals surface area contributed by atoms with E-state index in [1.165, 1.54) is 6.08 Å². The number of rotatable bonds is 5. The number of pyridine rings is 1. The average molecular weight is 471 g/mol. The number of nitrogens with zero attached hydrogens (tertiary/aromatic N) is 2. The lowest BCUT2D eigenvalue weighted by molar-refractivity contribution is -0.137. The Bertz CT molecular complexity index is 1080. The molecular formula is C25H27ClN2O5. The highest BCUT2D eigenvalue weighted by atomic mass is 35.5. The third-order valence-electron chi connectivity index (χ3n) is 5.74. The van der Waals surface area contributed by atoms with Crippen molar-refractivity contribution in [1.82, 2.24) is 9.88 Å². The third kappa shape index (κ3) is 5.04. The normalized spacial score (nSPS) is 19.3. The molecule has 1 aromatic carbocycles. The van der Waals surface area contributed by atoms with Gasteiger partial charge < -0.3 is 19.1 Å². The summed E-state index contributed by atoms with van der Waals surface area (Å²) in [4.78, 5) is 30.9. The Hall–Kier alpha value is -2.90. The van der Waals surface area contributed by atoms with Crippen molar-refractivity contribution in [2.24, 2.45) is 0 Å². The molecule has 1 aromatic heterocycles. The fourth-order valence-electron chi connectivity index (χ4n) is 4.06. The van der Waals surface area contributed by atoms with Crippen molar-refractivity contribution in [3.8, 4) is 17.0 Å². The van der Waals surface area contributed by atoms with Gasteiger partial charge in [0.2, 0.25) is 0 Å². The Labute approximate surface area is 198 Å². The molecule has 3 heterocycles. The third-order valence-corrected chi connectivity index (χ3v) is 6.02. The highest BCUT2D eigenvalue weighted by molar-refractivity contribution is 6.32. The molecule has 33 heavy (non-hydrogen) atoms. The molecule has 8 heteroatoms. The molecule has 0 radical (unpaired) electrons. The highest BCUT2D eigenvalue weighted by Gasteiger charge is 2.34. The lowest BCUT2D eigenvalue weighted by Gasteiger charge is -2.42. The minimum absolute atomic E-state index is 0.0565. The average Bonchev–Trinajstić information content (AvgIpc) is 3.21. The van der Waals surface area contributed by atoms with Crippen LogP contribution in [0.4, 0.5) is 0 Å². The molecule has 0 spiro atoms. The summed E-state index contributed by atoms with van der Waals surface area (Å²) >= 11 is 6.48. The lowest BCUT2D eigenvalue weighted by atomic mass is 10.0. The number of ether oxygens (including phenoxy) is 3. The first-order valence-electron chi connectivity index (χ1n) is 11.0. The van der Waals surface area contributed by atoms with Crippen LogP contribution in [0.3, 0.4) is 0 Å². The lowest BCUT2D eigenvalue weighted by Crippen LogP contribution is -2.55. The van der Waals surface area contributed by atoms with Gasteiger partial charge in [0.15, 0.2) is 0 Å². The number of benzene rings is 1. The minimum atomic E-state index is -0.400. The zero-order valence-corrected chi connectivity index (χ0v) is 19.7. The zero-order valence-electron chi connectivity index (χ0n) is 19.0. The van der Waals surface area contributed by atoms with Gasteiger partial charge in [-0.2, -0.15) is 0 Å². The van der Waals surface area contributed by atoms with E-state index >= 15 is 0 Å². The number of morpholine rings is 1. The smallest absolute Gasteiger partial charge is 0.330 e. The minimum Gasteiger partial charge on any atom is -0.484 e. The maximum Gasteiger partial charge on any atom is 0.330 e. The van der Waals surface area contributed by atoms with E-state index in [1.807, 2.05) is 30.9 Å². The van der Waals surface area contributed by atoms with E-state index in [-0.39, 0.29) is 17.6 Å². The molecule has 174 valence electrons. The second kappa shape index (κ2) is 9.53. The van der Waals surface area contributed by atoms with Gasteiger partial charge in [-0.3, -0.25) is 9.78 Å². The number of carbonyl (C=O) groups excluding carboxylic acids is 2. The van der Waals surface area contributed by atoms with Gasteiger partial charge in [-0.1, -0.05) is 11.6 Å². The van der Waals surface area contributed by atoms with Crippen LogP contribution in [0.1, 0.15) is 36.7 Å². The quantitative estimate of drug-likeness (QED) is 0.484. The van der Waals surface area contributed by atoms with Gasteiger partial charge in [0.25, 0.3) is 5.91 Å². The fraction of sp³-hybridized carbons (Fsp3) is 0.400. The molecule has 1 atom stereocenters. The zero-order chi connectivity index (χ0) is 23.6. The van der Waals surface area contributed by atoms with E-state index in [2.05, 4.69) is 4.98 Å². The Kier molecular flexibility index (Phi) is 6.72. The van der Waals surface area contributed by atoms with Gasteiger partial charge in [-0.05, 0) is 51.1 Å². The van der Waals surface area contributed by atoms with Crippen LogP contribution < -0.4 is 4.74 Å². The summed E-state index contributed by atoms with van der Waals surface area (Å²) in [6.07, 6.45) is 4.96. The van der Waals surface area contributed by atoms with Crippen LogP contribution in [-0.4, -0.2) is 59.8 Å². The molecule has 1 fully saturated rings. The summed E-state index contributed by atoms with van der Waals surface area (Å²) in [5.41, 5.74) is 2.66. The molecule has 2 aliphatic rings. The summed E-state index contributed by atoms with van der Waals surface area (Å²) in [5, 5.41) is 0.478. The SMILES string of the molecule is CCOC(=O)C=CC1Cc2cc(-c3ccc(C(=O)N4CCOCC4(C)C)cn3)cc(Cl)c2O1. The Balaban J connectivity index is 1.50. The fourth-order valence-corrected chi connectivity index (χ4v) is 4.34. The Morgan fingerprint density at radius 3 is 2.85 bits per heavy atom. The molecule has 4 rings (SSSR count). The Morgan fingerprint density at radius 2 is 2.15 bits per heavy atom. The standard InChI is InChI=1S/C25H27ClN2O5/c1-4-32-22(29)8-6-19-12-18-11-17(13-20(26)23(18)33-19)21-7-5-16(14-27-21)24(30)28-9-10-31-15-25(28,2)3/h5-8,11,13-14,19H,4,9-10,12,15H2,1-3H3. The maximum atomic E-state index is 13.0. The second-order valence-corrected chi connectivity index (χ2v) is 9.08. The number of aromatic nitrogens is 1. The van der Waals surface area contributed by atoms with Crippen LogP contribution in [0.25, 0.3) is 11.3 Å². The number of halogens is 1. The van der Waals surface area contributed by atoms with Crippen LogP contribution in [0.2, 0.25) is 5.02 Å². The van der Waals surface area contributed by atoms with E-state index in [9.17, 15) is 9.59 Å². The number of hydrogen-bond donors (Lipinski definition) is 0. The molecule has 0 aliphatic carbocycles. The second-order valence-electron chi connectivity index (χ2n) is 8.67. The van der Waals surface area contributed by atoms with Crippen molar-refractivity contribution in [2.45, 2.75) is 38.8 Å². The predicted molar refractivity (Wildman–Crippen MR) is 125 cm³/mol. The number of carbonyl (C=O) groups is 2. The summed E-state index contributed by atoms with van der Waals surface area (Å²) in [6.45, 7) is 7.67. The van der Waals surface area contributed by atoms with E-state index in [0.717, 1.165) is 11.1 Å². The van der Waals surface area contributed by atoms with Crippen LogP contribution in [0.15, 0.2) is 42.6 Å². The Morgan fingerprint density at radius 1 is 1.33 bits per heavy atom. The van der Waals surface area contributed by atoms with Gasteiger partial charge >= 0.3 is 5.97 Å². The van der Waals surface area contributed by atoms with Crippen molar-refractivity contribution in [3.05, 3.63) is 58.8 Å². The summed E-state index contributed by atoms with van der Waals surface area (Å²) in [7, 11) is 0. The summed E-state index contributed by atoms with van der Waals surface area (Å²) < 4.78 is 16.3. The van der Waals surface area contributed by atoms with Crippen LogP contribution in [0.5, 0.6) is 5.75 Å². The topological polar surface area (TPSA) is 78.0 Å². The number of amides is 1. The molecule has 1 saturated heterocycles. The van der Waals surface area contributed by atoms with Gasteiger partial charge in [-0.25, -0.2) is 4.79 Å². The summed E-state index contributed by atoms with van der Waals surface area (Å²) in [5.74, 6) is 0.155. The van der Waals surface area contributed by atoms with Crippen LogP contribution >= 0.6 is 11.6 Å². The summed E-state index contributed by atoms with van der Waals surface area (Å²) in [6, 6.07) is 7.40. The monoisotopic (exact) mass is 470 g/mol. The molecule has 7 nitrogen and oxygen atoms in total. The van der Waals surface area contributed by atoms with Crippen molar-refractivity contribution in [1.29, 1.82) is 0 Å². The van der Waals surface area contributed by atoms with E-state index < -0.39 is 5.97 Å². The van der Waals surface area contributed by atoms with Crippen molar-refractivity contribution in [3.63, 3.8) is 0 Å². The molecular weight excluding hydrogens is 444 g/mol. The van der Waals surface area contributed by atoms with E-state index in [1.54, 1.807) is 31.3 Å². The van der Waals surface area contributed by atoms with Crippen LogP contribution in [0, 0.1) is 0 Å². The molecule has 0 saturated carbocycles. The predicted octanol–water partition coefficient (Wildman–Crippen LogP) is 4.08. The highest BCUT2D eigenvalue weighted by Crippen LogP contribution is 2.39. The number of esters is 1. The molecule has 0 bridgehead atoms. The van der Waals surface area contributed by atoms with Gasteiger partial charge in [0.05, 0.1) is 41.6 Å². The van der Waals surface area contributed by atoms with Gasteiger partial charge in [0.1, 0.15) is 11.9 Å². The first kappa shape index (κ1) is 23.3. The molecule has 1 unspecified atom stereocenters. The van der Waals surface area contributed by atoms with Crippen molar-refractivity contribution < 1.29 is 23.8 Å². The molecule has 2 aromatic rings. The van der Waals surface area contributed by atoms with Crippen molar-refractivity contribution >= 4 is 23.5 Å². The maximum absolute atomic E-state index is 13.0. The van der Waals surface area contributed by atoms with Crippen LogP contribution in [-0.2, 0) is 20.7 Å². The number of fused-ring (bicyclic) bond motifs is 1. The number of hydrogen-bond acceptors (Lipinski definition) is 6. The van der Waals surface area contributed by atoms with Gasteiger partial charge in [0, 0.05) is 36.4 Å². The van der Waals surface area contributed by atoms with Gasteiger partial charge in [-0.15, -0.1) is 0 Å². The van der Waals surface area contributed by atoms with E-state index in [0.29, 0.717) is 54.8 Å². The first-order valence-corrected chi connectivity index (χ1v) is 11.4. The van der Waals surface area contributed by atoms with E-state index in [4.69, 9.17) is 25.8 Å². The first-order chi connectivity index (χ1) is 15.8. The largest absolute Gasteiger partial charge is 0.484 e.